The zero-order chi connectivity index (χ0) is 18.2. The van der Waals surface area contributed by atoms with Crippen LogP contribution < -0.4 is 4.72 Å². The van der Waals surface area contributed by atoms with Crippen molar-refractivity contribution < 1.29 is 23.4 Å². The third-order valence-corrected chi connectivity index (χ3v) is 5.82. The van der Waals surface area contributed by atoms with Crippen molar-refractivity contribution in [2.45, 2.75) is 29.9 Å². The highest BCUT2D eigenvalue weighted by Crippen LogP contribution is 2.38. The lowest BCUT2D eigenvalue weighted by molar-refractivity contribution is 0.0280. The number of sulfonamides is 1. The molecule has 1 heterocycles. The predicted octanol–water partition coefficient (Wildman–Crippen LogP) is 0.909. The van der Waals surface area contributed by atoms with E-state index in [1.54, 1.807) is 24.1 Å². The molecule has 134 valence electrons. The van der Waals surface area contributed by atoms with Crippen LogP contribution in [-0.2, 0) is 17.1 Å². The summed E-state index contributed by atoms with van der Waals surface area (Å²) >= 11 is 0. The van der Waals surface area contributed by atoms with Gasteiger partial charge in [-0.2, -0.15) is 5.10 Å². The first kappa shape index (κ1) is 17.6. The third kappa shape index (κ3) is 3.73. The maximum atomic E-state index is 12.7. The summed E-state index contributed by atoms with van der Waals surface area (Å²) in [5.74, 6) is -1.24. The Labute approximate surface area is 145 Å². The van der Waals surface area contributed by atoms with Gasteiger partial charge in [0.1, 0.15) is 0 Å². The summed E-state index contributed by atoms with van der Waals surface area (Å²) in [6, 6.07) is 4.67. The molecular weight excluding hydrogens is 346 g/mol. The maximum Gasteiger partial charge on any atom is 0.335 e. The van der Waals surface area contributed by atoms with E-state index in [9.17, 15) is 18.3 Å². The standard InChI is InChI=1S/C16H19N3O5S/c1-19-9-12(8-17-19)15(11-5-13(20)6-11)18-25(23,24)14-4-2-3-10(7-14)16(21)22/h2-4,7-9,11,13,15,18,20H,5-6H2,1H3,(H,21,22)/t11?,13?,15-/m1/s1. The Kier molecular flexibility index (Phi) is 4.63. The second kappa shape index (κ2) is 6.58. The number of rotatable bonds is 6. The predicted molar refractivity (Wildman–Crippen MR) is 88.4 cm³/mol. The van der Waals surface area contributed by atoms with Crippen molar-refractivity contribution in [2.24, 2.45) is 13.0 Å². The largest absolute Gasteiger partial charge is 0.478 e. The molecule has 3 rings (SSSR count). The highest BCUT2D eigenvalue weighted by Gasteiger charge is 2.37. The highest BCUT2D eigenvalue weighted by atomic mass is 32.2. The van der Waals surface area contributed by atoms with Crippen LogP contribution in [0.4, 0.5) is 0 Å². The van der Waals surface area contributed by atoms with Crippen molar-refractivity contribution in [1.82, 2.24) is 14.5 Å². The zero-order valence-electron chi connectivity index (χ0n) is 13.5. The molecule has 1 aromatic heterocycles. The van der Waals surface area contributed by atoms with E-state index < -0.39 is 28.1 Å². The Balaban J connectivity index is 1.90. The van der Waals surface area contributed by atoms with Gasteiger partial charge in [0.05, 0.1) is 28.8 Å². The summed E-state index contributed by atoms with van der Waals surface area (Å²) in [7, 11) is -2.19. The number of nitrogens with zero attached hydrogens (tertiary/aromatic N) is 2. The molecule has 1 atom stereocenters. The fraction of sp³-hybridized carbons (Fsp3) is 0.375. The second-order valence-electron chi connectivity index (χ2n) is 6.26. The first-order chi connectivity index (χ1) is 11.8. The average Bonchev–Trinajstić information content (AvgIpc) is 2.96. The van der Waals surface area contributed by atoms with Crippen LogP contribution in [0.15, 0.2) is 41.6 Å². The Bertz CT molecular complexity index is 887. The lowest BCUT2D eigenvalue weighted by atomic mass is 9.76. The van der Waals surface area contributed by atoms with Gasteiger partial charge < -0.3 is 10.2 Å². The molecule has 2 aromatic rings. The summed E-state index contributed by atoms with van der Waals surface area (Å²) in [4.78, 5) is 11.0. The molecule has 1 aromatic carbocycles. The van der Waals surface area contributed by atoms with Crippen molar-refractivity contribution in [3.05, 3.63) is 47.8 Å². The number of aromatic nitrogens is 2. The number of aryl methyl sites for hydroxylation is 1. The number of aliphatic hydroxyl groups is 1. The first-order valence-corrected chi connectivity index (χ1v) is 9.27. The van der Waals surface area contributed by atoms with Crippen molar-refractivity contribution in [3.8, 4) is 0 Å². The normalized spacial score (nSPS) is 21.5. The van der Waals surface area contributed by atoms with Gasteiger partial charge in [-0.1, -0.05) is 6.07 Å². The number of benzene rings is 1. The summed E-state index contributed by atoms with van der Waals surface area (Å²) in [5.41, 5.74) is 0.609. The molecule has 0 unspecified atom stereocenters. The average molecular weight is 365 g/mol. The molecule has 0 saturated heterocycles. The minimum absolute atomic E-state index is 0.0448. The summed E-state index contributed by atoms with van der Waals surface area (Å²) in [6.07, 6.45) is 3.88. The molecule has 0 spiro atoms. The molecule has 1 aliphatic rings. The summed E-state index contributed by atoms with van der Waals surface area (Å²) in [6.45, 7) is 0. The topological polar surface area (TPSA) is 122 Å². The maximum absolute atomic E-state index is 12.7. The minimum Gasteiger partial charge on any atom is -0.478 e. The van der Waals surface area contributed by atoms with Crippen molar-refractivity contribution in [2.75, 3.05) is 0 Å². The van der Waals surface area contributed by atoms with Gasteiger partial charge in [-0.15, -0.1) is 0 Å². The molecule has 9 heteroatoms. The quantitative estimate of drug-likeness (QED) is 0.699. The first-order valence-electron chi connectivity index (χ1n) is 7.78. The molecular formula is C16H19N3O5S. The number of aliphatic hydroxyl groups excluding tert-OH is 1. The number of hydrogen-bond donors (Lipinski definition) is 3. The van der Waals surface area contributed by atoms with Crippen molar-refractivity contribution >= 4 is 16.0 Å². The van der Waals surface area contributed by atoms with Crippen LogP contribution in [-0.4, -0.2) is 40.5 Å². The Morgan fingerprint density at radius 3 is 2.68 bits per heavy atom. The van der Waals surface area contributed by atoms with E-state index in [0.717, 1.165) is 6.07 Å². The Hall–Kier alpha value is -2.23. The highest BCUT2D eigenvalue weighted by molar-refractivity contribution is 7.89. The van der Waals surface area contributed by atoms with E-state index in [1.165, 1.54) is 18.2 Å². The molecule has 0 radical (unpaired) electrons. The molecule has 3 N–H and O–H groups in total. The van der Waals surface area contributed by atoms with Crippen LogP contribution in [0.5, 0.6) is 0 Å². The van der Waals surface area contributed by atoms with Crippen LogP contribution in [0.2, 0.25) is 0 Å². The molecule has 1 aliphatic carbocycles. The van der Waals surface area contributed by atoms with E-state index in [-0.39, 0.29) is 16.4 Å². The number of aromatic carboxylic acids is 1. The van der Waals surface area contributed by atoms with Gasteiger partial charge >= 0.3 is 5.97 Å². The number of carbonyl (C=O) groups is 1. The number of hydrogen-bond acceptors (Lipinski definition) is 5. The van der Waals surface area contributed by atoms with Gasteiger partial charge in [-0.3, -0.25) is 4.68 Å². The molecule has 8 nitrogen and oxygen atoms in total. The van der Waals surface area contributed by atoms with E-state index in [4.69, 9.17) is 5.11 Å². The number of carboxylic acids is 1. The minimum atomic E-state index is -3.93. The van der Waals surface area contributed by atoms with Crippen LogP contribution in [0.1, 0.15) is 34.8 Å². The van der Waals surface area contributed by atoms with E-state index in [0.29, 0.717) is 18.4 Å². The zero-order valence-corrected chi connectivity index (χ0v) is 14.3. The SMILES string of the molecule is Cn1cc([C@H](NS(=O)(=O)c2cccc(C(=O)O)c2)C2CC(O)C2)cn1. The number of carboxylic acid groups (broad SMARTS) is 1. The lowest BCUT2D eigenvalue weighted by Gasteiger charge is -2.37. The van der Waals surface area contributed by atoms with Crippen LogP contribution in [0.25, 0.3) is 0 Å². The second-order valence-corrected chi connectivity index (χ2v) is 7.98. The molecule has 0 aliphatic heterocycles. The molecule has 0 bridgehead atoms. The third-order valence-electron chi connectivity index (χ3n) is 4.38. The fourth-order valence-corrected chi connectivity index (χ4v) is 4.31. The van der Waals surface area contributed by atoms with Gasteiger partial charge in [0.15, 0.2) is 0 Å². The Morgan fingerprint density at radius 1 is 1.40 bits per heavy atom. The lowest BCUT2D eigenvalue weighted by Crippen LogP contribution is -2.41. The molecule has 25 heavy (non-hydrogen) atoms. The van der Waals surface area contributed by atoms with Crippen LogP contribution in [0.3, 0.4) is 0 Å². The van der Waals surface area contributed by atoms with Gasteiger partial charge in [0, 0.05) is 18.8 Å². The Morgan fingerprint density at radius 2 is 2.12 bits per heavy atom. The van der Waals surface area contributed by atoms with Gasteiger partial charge in [-0.25, -0.2) is 17.9 Å². The molecule has 1 saturated carbocycles. The summed E-state index contributed by atoms with van der Waals surface area (Å²) < 4.78 is 29.7. The fourth-order valence-electron chi connectivity index (χ4n) is 2.97. The van der Waals surface area contributed by atoms with E-state index in [1.807, 2.05) is 0 Å². The van der Waals surface area contributed by atoms with E-state index >= 15 is 0 Å². The molecule has 0 amide bonds. The smallest absolute Gasteiger partial charge is 0.335 e. The van der Waals surface area contributed by atoms with Crippen molar-refractivity contribution in [1.29, 1.82) is 0 Å². The van der Waals surface area contributed by atoms with Crippen LogP contribution >= 0.6 is 0 Å². The van der Waals surface area contributed by atoms with Gasteiger partial charge in [-0.05, 0) is 37.0 Å². The van der Waals surface area contributed by atoms with Crippen molar-refractivity contribution in [3.63, 3.8) is 0 Å². The van der Waals surface area contributed by atoms with Crippen LogP contribution in [0, 0.1) is 5.92 Å². The summed E-state index contributed by atoms with van der Waals surface area (Å²) in [5, 5.41) is 22.7. The monoisotopic (exact) mass is 365 g/mol. The van der Waals surface area contributed by atoms with E-state index in [2.05, 4.69) is 9.82 Å². The molecule has 1 fully saturated rings. The van der Waals surface area contributed by atoms with Gasteiger partial charge in [0.25, 0.3) is 0 Å². The van der Waals surface area contributed by atoms with Gasteiger partial charge in [0.2, 0.25) is 10.0 Å². The number of nitrogens with one attached hydrogen (secondary N) is 1.